The number of thioether (sulfide) groups is 1. The van der Waals surface area contributed by atoms with Crippen LogP contribution in [-0.4, -0.2) is 103 Å². The first-order valence-corrected chi connectivity index (χ1v) is 13.1. The third-order valence-corrected chi connectivity index (χ3v) is 6.87. The van der Waals surface area contributed by atoms with E-state index in [0.29, 0.717) is 0 Å². The van der Waals surface area contributed by atoms with Crippen molar-refractivity contribution in [2.45, 2.75) is 88.5 Å². The maximum atomic E-state index is 12.8. The van der Waals surface area contributed by atoms with Crippen molar-refractivity contribution in [2.24, 2.45) is 0 Å². The molecule has 0 aliphatic carbocycles. The second-order valence-corrected chi connectivity index (χ2v) is 10.1. The number of hydrogen-bond donors (Lipinski definition) is 0. The number of esters is 5. The molecule has 1 unspecified atom stereocenters. The molecule has 2 aliphatic heterocycles. The lowest BCUT2D eigenvalue weighted by Gasteiger charge is -2.45. The Kier molecular flexibility index (Phi) is 12.8. The van der Waals surface area contributed by atoms with Crippen molar-refractivity contribution in [1.82, 2.24) is 0 Å². The topological polar surface area (TPSA) is 176 Å². The number of ketones is 1. The summed E-state index contributed by atoms with van der Waals surface area (Å²) < 4.78 is 43.5. The van der Waals surface area contributed by atoms with Crippen LogP contribution in [0.25, 0.3) is 0 Å². The number of carbonyl (C=O) groups is 6. The minimum atomic E-state index is -1.38. The molecule has 0 bridgehead atoms. The second-order valence-electron chi connectivity index (χ2n) is 8.74. The predicted octanol–water partition coefficient (Wildman–Crippen LogP) is 0.0683. The van der Waals surface area contributed by atoms with Crippen molar-refractivity contribution in [2.75, 3.05) is 19.8 Å². The zero-order valence-electron chi connectivity index (χ0n) is 22.6. The number of hydrogen-bond acceptors (Lipinski definition) is 15. The highest BCUT2D eigenvalue weighted by Crippen LogP contribution is 2.39. The molecule has 14 nitrogen and oxygen atoms in total. The number of Topliss-reactive ketones (excluding diaryl/α,β-unsaturated/α-hetero) is 1. The fourth-order valence-electron chi connectivity index (χ4n) is 3.96. The molecule has 222 valence electrons. The van der Waals surface area contributed by atoms with Crippen LogP contribution in [0.3, 0.4) is 0 Å². The van der Waals surface area contributed by atoms with E-state index in [1.165, 1.54) is 6.92 Å². The highest BCUT2D eigenvalue weighted by Gasteiger charge is 2.54. The molecule has 15 heteroatoms. The average molecular weight is 589 g/mol. The van der Waals surface area contributed by atoms with Gasteiger partial charge in [-0.3, -0.25) is 28.8 Å². The summed E-state index contributed by atoms with van der Waals surface area (Å²) in [5.41, 5.74) is -1.16. The van der Waals surface area contributed by atoms with Gasteiger partial charge < -0.3 is 37.9 Å². The zero-order chi connectivity index (χ0) is 30.0. The number of terminal acetylenes is 1. The van der Waals surface area contributed by atoms with Crippen molar-refractivity contribution in [3.05, 3.63) is 0 Å². The lowest BCUT2D eigenvalue weighted by Crippen LogP contribution is -2.62. The number of ether oxygens (including phenoxy) is 8. The molecule has 0 amide bonds. The second kappa shape index (κ2) is 15.6. The molecule has 0 aromatic heterocycles. The summed E-state index contributed by atoms with van der Waals surface area (Å²) in [5, 5.41) is -0.752. The smallest absolute Gasteiger partial charge is 0.303 e. The molecule has 2 aliphatic rings. The fourth-order valence-corrected chi connectivity index (χ4v) is 5.45. The maximum Gasteiger partial charge on any atom is 0.303 e. The van der Waals surface area contributed by atoms with E-state index in [4.69, 9.17) is 44.3 Å². The van der Waals surface area contributed by atoms with Crippen LogP contribution in [0.1, 0.15) is 41.0 Å². The average Bonchev–Trinajstić information content (AvgIpc) is 2.84. The summed E-state index contributed by atoms with van der Waals surface area (Å²) in [5.74, 6) is -1.81. The molecule has 8 atom stereocenters. The van der Waals surface area contributed by atoms with Crippen LogP contribution >= 0.6 is 11.8 Å². The highest BCUT2D eigenvalue weighted by atomic mass is 32.2. The van der Waals surface area contributed by atoms with Crippen LogP contribution in [0.2, 0.25) is 0 Å². The van der Waals surface area contributed by atoms with Crippen molar-refractivity contribution in [3.63, 3.8) is 0 Å². The maximum absolute atomic E-state index is 12.8. The van der Waals surface area contributed by atoms with E-state index >= 15 is 0 Å². The van der Waals surface area contributed by atoms with E-state index in [2.05, 4.69) is 5.92 Å². The molecule has 2 rings (SSSR count). The van der Waals surface area contributed by atoms with E-state index < -0.39 is 89.7 Å². The molecule has 0 radical (unpaired) electrons. The standard InChI is InChI=1S/C25H32O14S/c1-7-8-32-24-17(31)9-20(18(38-24)10-33-12(2)26)40-25-23(37-16(6)30)22(36-15(5)29)21(35-14(4)28)19(39-25)11-34-13(3)27/h1,18-25H,8-11H2,2-6H3/t18-,19-,20?,21+,22+,23-,24+,25+/m1/s1. The molecule has 0 N–H and O–H groups in total. The normalized spacial score (nSPS) is 29.9. The Balaban J connectivity index is 2.45. The Hall–Kier alpha value is -3.19. The van der Waals surface area contributed by atoms with Crippen molar-refractivity contribution in [3.8, 4) is 12.3 Å². The summed E-state index contributed by atoms with van der Waals surface area (Å²) in [6.45, 7) is 4.81. The Morgan fingerprint density at radius 3 is 1.85 bits per heavy atom. The van der Waals surface area contributed by atoms with E-state index in [9.17, 15) is 28.8 Å². The first-order chi connectivity index (χ1) is 18.8. The van der Waals surface area contributed by atoms with Crippen LogP contribution in [-0.2, 0) is 66.7 Å². The quantitative estimate of drug-likeness (QED) is 0.180. The predicted molar refractivity (Wildman–Crippen MR) is 133 cm³/mol. The Morgan fingerprint density at radius 2 is 1.32 bits per heavy atom. The monoisotopic (exact) mass is 588 g/mol. The van der Waals surface area contributed by atoms with Crippen LogP contribution in [0, 0.1) is 12.3 Å². The van der Waals surface area contributed by atoms with Gasteiger partial charge in [0.1, 0.15) is 37.5 Å². The molecule has 2 heterocycles. The molecule has 0 spiro atoms. The SMILES string of the molecule is C#CCO[C@H]1O[C@H](COC(C)=O)C(S[C@@H]2O[C@H](COC(C)=O)[C@H](OC(C)=O)[C@H](OC(C)=O)[C@H]2OC(C)=O)CC1=O. The third-order valence-electron chi connectivity index (χ3n) is 5.40. The molecule has 0 aromatic carbocycles. The summed E-state index contributed by atoms with van der Waals surface area (Å²) in [4.78, 5) is 71.8. The first-order valence-electron chi connectivity index (χ1n) is 12.1. The summed E-state index contributed by atoms with van der Waals surface area (Å²) in [7, 11) is 0. The lowest BCUT2D eigenvalue weighted by atomic mass is 9.99. The number of carbonyl (C=O) groups excluding carboxylic acids is 6. The van der Waals surface area contributed by atoms with Gasteiger partial charge in [0.05, 0.1) is 0 Å². The summed E-state index contributed by atoms with van der Waals surface area (Å²) >= 11 is 0.966. The van der Waals surface area contributed by atoms with Gasteiger partial charge in [0, 0.05) is 46.3 Å². The van der Waals surface area contributed by atoms with Crippen LogP contribution in [0.15, 0.2) is 0 Å². The van der Waals surface area contributed by atoms with E-state index in [1.54, 1.807) is 0 Å². The van der Waals surface area contributed by atoms with Gasteiger partial charge in [-0.05, 0) is 0 Å². The minimum absolute atomic E-state index is 0.154. The van der Waals surface area contributed by atoms with E-state index in [0.717, 1.165) is 39.5 Å². The Bertz CT molecular complexity index is 1010. The largest absolute Gasteiger partial charge is 0.463 e. The fraction of sp³-hybridized carbons (Fsp3) is 0.680. The Morgan fingerprint density at radius 1 is 0.800 bits per heavy atom. The molecule has 0 aromatic rings. The molecule has 2 fully saturated rings. The van der Waals surface area contributed by atoms with Crippen molar-refractivity contribution in [1.29, 1.82) is 0 Å². The van der Waals surface area contributed by atoms with Crippen molar-refractivity contribution >= 4 is 47.4 Å². The number of rotatable bonds is 11. The highest BCUT2D eigenvalue weighted by molar-refractivity contribution is 8.00. The molecule has 0 saturated carbocycles. The van der Waals surface area contributed by atoms with E-state index in [-0.39, 0.29) is 19.6 Å². The third kappa shape index (κ3) is 10.1. The van der Waals surface area contributed by atoms with Crippen molar-refractivity contribution < 1.29 is 66.7 Å². The van der Waals surface area contributed by atoms with E-state index in [1.807, 2.05) is 0 Å². The summed E-state index contributed by atoms with van der Waals surface area (Å²) in [6.07, 6.45) is -2.37. The van der Waals surface area contributed by atoms with Gasteiger partial charge in [-0.25, -0.2) is 0 Å². The summed E-state index contributed by atoms with van der Waals surface area (Å²) in [6, 6.07) is 0. The minimum Gasteiger partial charge on any atom is -0.463 e. The molecule has 2 saturated heterocycles. The molecule has 40 heavy (non-hydrogen) atoms. The molecular formula is C25H32O14S. The van der Waals surface area contributed by atoms with Gasteiger partial charge in [0.25, 0.3) is 0 Å². The zero-order valence-corrected chi connectivity index (χ0v) is 23.5. The lowest BCUT2D eigenvalue weighted by molar-refractivity contribution is -0.237. The van der Waals surface area contributed by atoms with Crippen LogP contribution < -0.4 is 0 Å². The Labute approximate surface area is 234 Å². The first kappa shape index (κ1) is 33.0. The van der Waals surface area contributed by atoms with Gasteiger partial charge in [-0.15, -0.1) is 18.2 Å². The molecular weight excluding hydrogens is 556 g/mol. The van der Waals surface area contributed by atoms with Crippen LogP contribution in [0.5, 0.6) is 0 Å². The van der Waals surface area contributed by atoms with Gasteiger partial charge in [-0.1, -0.05) is 5.92 Å². The van der Waals surface area contributed by atoms with Gasteiger partial charge >= 0.3 is 29.8 Å². The van der Waals surface area contributed by atoms with Crippen LogP contribution in [0.4, 0.5) is 0 Å². The van der Waals surface area contributed by atoms with Gasteiger partial charge in [0.15, 0.2) is 24.1 Å². The van der Waals surface area contributed by atoms with Gasteiger partial charge in [0.2, 0.25) is 6.29 Å². The van der Waals surface area contributed by atoms with Gasteiger partial charge in [-0.2, -0.15) is 0 Å².